The maximum absolute atomic E-state index is 8.42. The maximum Gasteiger partial charge on any atom is 0.174 e. The molecule has 0 amide bonds. The second-order valence-electron chi connectivity index (χ2n) is 4.44. The highest BCUT2D eigenvalue weighted by Gasteiger charge is 2.23. The number of nitriles is 1. The first-order chi connectivity index (χ1) is 8.79. The predicted molar refractivity (Wildman–Crippen MR) is 68.2 cm³/mol. The fourth-order valence-electron chi connectivity index (χ4n) is 2.07. The zero-order valence-electron chi connectivity index (χ0n) is 10.6. The molecule has 1 aliphatic heterocycles. The number of nitrogens with one attached hydrogen (secondary N) is 1. The van der Waals surface area contributed by atoms with Crippen LogP contribution in [0.5, 0.6) is 5.75 Å². The molecule has 1 aromatic carbocycles. The lowest BCUT2D eigenvalue weighted by Gasteiger charge is -2.16. The highest BCUT2D eigenvalue weighted by Crippen LogP contribution is 2.15. The van der Waals surface area contributed by atoms with Crippen molar-refractivity contribution in [1.29, 1.82) is 5.26 Å². The minimum atomic E-state index is 0.0918. The zero-order valence-corrected chi connectivity index (χ0v) is 10.6. The van der Waals surface area contributed by atoms with Crippen LogP contribution in [0, 0.1) is 11.3 Å². The Morgan fingerprint density at radius 1 is 1.44 bits per heavy atom. The van der Waals surface area contributed by atoms with E-state index >= 15 is 0 Å². The molecule has 1 heterocycles. The van der Waals surface area contributed by atoms with Gasteiger partial charge in [-0.3, -0.25) is 0 Å². The molecule has 4 heteroatoms. The number of rotatable bonds is 5. The summed E-state index contributed by atoms with van der Waals surface area (Å²) in [6, 6.07) is 10.2. The first kappa shape index (κ1) is 12.9. The average Bonchev–Trinajstić information content (AvgIpc) is 2.81. The van der Waals surface area contributed by atoms with Crippen LogP contribution in [0.2, 0.25) is 0 Å². The van der Waals surface area contributed by atoms with Crippen LogP contribution in [0.4, 0.5) is 0 Å². The Labute approximate surface area is 108 Å². The minimum Gasteiger partial charge on any atom is -0.479 e. The topological polar surface area (TPSA) is 54.3 Å². The number of ether oxygens (including phenoxy) is 2. The van der Waals surface area contributed by atoms with Crippen LogP contribution >= 0.6 is 0 Å². The SMILES string of the molecule is CC1OCCC1NCc1ccc(OCC#N)cc1. The van der Waals surface area contributed by atoms with E-state index in [1.807, 2.05) is 30.3 Å². The molecule has 4 nitrogen and oxygen atoms in total. The fraction of sp³-hybridized carbons (Fsp3) is 0.500. The lowest BCUT2D eigenvalue weighted by Crippen LogP contribution is -2.34. The molecule has 2 rings (SSSR count). The van der Waals surface area contributed by atoms with E-state index in [9.17, 15) is 0 Å². The fourth-order valence-corrected chi connectivity index (χ4v) is 2.07. The summed E-state index contributed by atoms with van der Waals surface area (Å²) in [6.07, 6.45) is 1.37. The number of nitrogens with zero attached hydrogens (tertiary/aromatic N) is 1. The van der Waals surface area contributed by atoms with Gasteiger partial charge in [0.15, 0.2) is 6.61 Å². The minimum absolute atomic E-state index is 0.0918. The van der Waals surface area contributed by atoms with E-state index in [4.69, 9.17) is 14.7 Å². The molecule has 0 spiro atoms. The molecule has 1 aromatic rings. The van der Waals surface area contributed by atoms with Crippen molar-refractivity contribution in [3.05, 3.63) is 29.8 Å². The Kier molecular flexibility index (Phi) is 4.57. The van der Waals surface area contributed by atoms with E-state index < -0.39 is 0 Å². The molecule has 0 aliphatic carbocycles. The largest absolute Gasteiger partial charge is 0.479 e. The van der Waals surface area contributed by atoms with E-state index in [0.29, 0.717) is 12.1 Å². The molecular formula is C14H18N2O2. The van der Waals surface area contributed by atoms with Crippen molar-refractivity contribution in [2.75, 3.05) is 13.2 Å². The van der Waals surface area contributed by atoms with Gasteiger partial charge in [0.05, 0.1) is 6.10 Å². The molecule has 96 valence electrons. The predicted octanol–water partition coefficient (Wildman–Crippen LogP) is 1.86. The van der Waals surface area contributed by atoms with Gasteiger partial charge in [-0.05, 0) is 31.0 Å². The summed E-state index contributed by atoms with van der Waals surface area (Å²) in [6.45, 7) is 3.87. The smallest absolute Gasteiger partial charge is 0.174 e. The molecule has 2 atom stereocenters. The molecule has 1 saturated heterocycles. The summed E-state index contributed by atoms with van der Waals surface area (Å²) in [4.78, 5) is 0. The van der Waals surface area contributed by atoms with Crippen molar-refractivity contribution in [3.63, 3.8) is 0 Å². The quantitative estimate of drug-likeness (QED) is 0.861. The molecule has 0 saturated carbocycles. The Morgan fingerprint density at radius 3 is 2.83 bits per heavy atom. The standard InChI is InChI=1S/C14H18N2O2/c1-11-14(6-8-17-11)16-10-12-2-4-13(5-3-12)18-9-7-15/h2-5,11,14,16H,6,8-10H2,1H3. The lowest BCUT2D eigenvalue weighted by atomic mass is 10.1. The van der Waals surface area contributed by atoms with Gasteiger partial charge in [-0.2, -0.15) is 5.26 Å². The van der Waals surface area contributed by atoms with E-state index in [0.717, 1.165) is 25.3 Å². The molecule has 0 bridgehead atoms. The van der Waals surface area contributed by atoms with Gasteiger partial charge in [-0.1, -0.05) is 12.1 Å². The van der Waals surface area contributed by atoms with Crippen LogP contribution in [-0.2, 0) is 11.3 Å². The Hall–Kier alpha value is -1.57. The van der Waals surface area contributed by atoms with Crippen LogP contribution in [0.1, 0.15) is 18.9 Å². The second kappa shape index (κ2) is 6.39. The normalized spacial score (nSPS) is 22.7. The van der Waals surface area contributed by atoms with Gasteiger partial charge in [-0.15, -0.1) is 0 Å². The lowest BCUT2D eigenvalue weighted by molar-refractivity contribution is 0.113. The van der Waals surface area contributed by atoms with Gasteiger partial charge < -0.3 is 14.8 Å². The Bertz CT molecular complexity index is 411. The number of hydrogen-bond donors (Lipinski definition) is 1. The summed E-state index contributed by atoms with van der Waals surface area (Å²) >= 11 is 0. The van der Waals surface area contributed by atoms with Gasteiger partial charge in [-0.25, -0.2) is 0 Å². The first-order valence-corrected chi connectivity index (χ1v) is 6.23. The molecule has 1 fully saturated rings. The maximum atomic E-state index is 8.42. The Balaban J connectivity index is 1.81. The average molecular weight is 246 g/mol. The van der Waals surface area contributed by atoms with Gasteiger partial charge in [0.25, 0.3) is 0 Å². The molecule has 18 heavy (non-hydrogen) atoms. The van der Waals surface area contributed by atoms with Crippen molar-refractivity contribution in [2.45, 2.75) is 32.0 Å². The molecule has 1 N–H and O–H groups in total. The third-order valence-corrected chi connectivity index (χ3v) is 3.17. The van der Waals surface area contributed by atoms with Crippen LogP contribution in [0.15, 0.2) is 24.3 Å². The molecule has 0 aromatic heterocycles. The first-order valence-electron chi connectivity index (χ1n) is 6.23. The van der Waals surface area contributed by atoms with Crippen molar-refractivity contribution < 1.29 is 9.47 Å². The summed E-state index contributed by atoms with van der Waals surface area (Å²) in [5, 5.41) is 11.9. The molecular weight excluding hydrogens is 228 g/mol. The third kappa shape index (κ3) is 3.46. The summed E-state index contributed by atoms with van der Waals surface area (Å²) < 4.78 is 10.7. The van der Waals surface area contributed by atoms with Crippen LogP contribution in [0.25, 0.3) is 0 Å². The van der Waals surface area contributed by atoms with Crippen molar-refractivity contribution in [3.8, 4) is 11.8 Å². The Morgan fingerprint density at radius 2 is 2.22 bits per heavy atom. The van der Waals surface area contributed by atoms with E-state index in [1.165, 1.54) is 5.56 Å². The monoisotopic (exact) mass is 246 g/mol. The van der Waals surface area contributed by atoms with Crippen molar-refractivity contribution >= 4 is 0 Å². The number of hydrogen-bond acceptors (Lipinski definition) is 4. The summed E-state index contributed by atoms with van der Waals surface area (Å²) in [7, 11) is 0. The highest BCUT2D eigenvalue weighted by atomic mass is 16.5. The third-order valence-electron chi connectivity index (χ3n) is 3.17. The van der Waals surface area contributed by atoms with Gasteiger partial charge in [0, 0.05) is 19.2 Å². The second-order valence-corrected chi connectivity index (χ2v) is 4.44. The van der Waals surface area contributed by atoms with E-state index in [-0.39, 0.29) is 6.61 Å². The van der Waals surface area contributed by atoms with Crippen molar-refractivity contribution in [1.82, 2.24) is 5.32 Å². The van der Waals surface area contributed by atoms with E-state index in [1.54, 1.807) is 0 Å². The molecule has 1 aliphatic rings. The van der Waals surface area contributed by atoms with Crippen LogP contribution < -0.4 is 10.1 Å². The van der Waals surface area contributed by atoms with Gasteiger partial charge >= 0.3 is 0 Å². The summed E-state index contributed by atoms with van der Waals surface area (Å²) in [5.41, 5.74) is 1.21. The van der Waals surface area contributed by atoms with Gasteiger partial charge in [0.2, 0.25) is 0 Å². The number of benzene rings is 1. The highest BCUT2D eigenvalue weighted by molar-refractivity contribution is 5.27. The van der Waals surface area contributed by atoms with Crippen LogP contribution in [0.3, 0.4) is 0 Å². The van der Waals surface area contributed by atoms with Crippen molar-refractivity contribution in [2.24, 2.45) is 0 Å². The summed E-state index contributed by atoms with van der Waals surface area (Å²) in [5.74, 6) is 0.734. The van der Waals surface area contributed by atoms with Crippen LogP contribution in [-0.4, -0.2) is 25.4 Å². The van der Waals surface area contributed by atoms with E-state index in [2.05, 4.69) is 12.2 Å². The molecule has 0 radical (unpaired) electrons. The molecule has 2 unspecified atom stereocenters. The van der Waals surface area contributed by atoms with Gasteiger partial charge in [0.1, 0.15) is 11.8 Å². The zero-order chi connectivity index (χ0) is 12.8.